The zero-order valence-corrected chi connectivity index (χ0v) is 26.6. The summed E-state index contributed by atoms with van der Waals surface area (Å²) in [4.78, 5) is 2.44. The molecule has 0 unspecified atom stereocenters. The van der Waals surface area contributed by atoms with Gasteiger partial charge < -0.3 is 13.9 Å². The Hall–Kier alpha value is -6.58. The highest BCUT2D eigenvalue weighted by Crippen LogP contribution is 2.52. The average molecular weight is 624 g/mol. The third-order valence-corrected chi connectivity index (χ3v) is 10.4. The molecule has 0 spiro atoms. The lowest BCUT2D eigenvalue weighted by atomic mass is 9.97. The molecule has 0 N–H and O–H groups in total. The van der Waals surface area contributed by atoms with Crippen molar-refractivity contribution in [2.75, 3.05) is 4.90 Å². The maximum atomic E-state index is 2.49. The number of rotatable bonds is 3. The topological polar surface area (TPSA) is 12.6 Å². The molecular weight excluding hydrogens is 595 g/mol. The Kier molecular flexibility index (Phi) is 5.38. The Morgan fingerprint density at radius 1 is 0.347 bits per heavy atom. The molecule has 0 radical (unpaired) electrons. The molecule has 0 atom stereocenters. The second kappa shape index (κ2) is 9.96. The van der Waals surface area contributed by atoms with Crippen molar-refractivity contribution in [1.29, 1.82) is 0 Å². The summed E-state index contributed by atoms with van der Waals surface area (Å²) in [6.45, 7) is 0. The smallest absolute Gasteiger partial charge is 0.0782 e. The highest BCUT2D eigenvalue weighted by atomic mass is 15.2. The maximum absolute atomic E-state index is 2.49. The van der Waals surface area contributed by atoms with Crippen molar-refractivity contribution in [1.82, 2.24) is 8.97 Å². The fourth-order valence-corrected chi connectivity index (χ4v) is 8.30. The molecule has 0 aliphatic carbocycles. The van der Waals surface area contributed by atoms with E-state index in [0.717, 1.165) is 11.4 Å². The zero-order valence-electron chi connectivity index (χ0n) is 26.6. The monoisotopic (exact) mass is 623 g/mol. The Balaban J connectivity index is 1.13. The number of pyridine rings is 1. The summed E-state index contributed by atoms with van der Waals surface area (Å²) in [6.07, 6.45) is 0. The molecule has 0 amide bonds. The van der Waals surface area contributed by atoms with E-state index in [0.29, 0.717) is 0 Å². The Morgan fingerprint density at radius 2 is 0.898 bits per heavy atom. The van der Waals surface area contributed by atoms with Crippen molar-refractivity contribution in [2.45, 2.75) is 0 Å². The van der Waals surface area contributed by atoms with E-state index in [4.69, 9.17) is 0 Å². The van der Waals surface area contributed by atoms with Gasteiger partial charge in [-0.3, -0.25) is 0 Å². The van der Waals surface area contributed by atoms with Crippen LogP contribution in [0.2, 0.25) is 0 Å². The van der Waals surface area contributed by atoms with Gasteiger partial charge in [-0.2, -0.15) is 0 Å². The first kappa shape index (κ1) is 26.5. The lowest BCUT2D eigenvalue weighted by molar-refractivity contribution is 1.18. The summed E-state index contributed by atoms with van der Waals surface area (Å²) in [5, 5.41) is 6.36. The van der Waals surface area contributed by atoms with Gasteiger partial charge in [0.1, 0.15) is 0 Å². The highest BCUT2D eigenvalue weighted by Gasteiger charge is 2.30. The predicted molar refractivity (Wildman–Crippen MR) is 206 cm³/mol. The molecule has 3 nitrogen and oxygen atoms in total. The van der Waals surface area contributed by atoms with Crippen LogP contribution < -0.4 is 4.90 Å². The van der Waals surface area contributed by atoms with Gasteiger partial charge in [-0.05, 0) is 77.2 Å². The molecule has 0 fully saturated rings. The van der Waals surface area contributed by atoms with Gasteiger partial charge in [0.05, 0.1) is 39.1 Å². The standard InChI is InChI=1S/C46H29N3/c1-2-12-32(13-3-1)48-43-27-24-31(30-22-25-33(26-23-30)47-40-19-9-7-16-36(40)37-17-8-10-20-41(37)47)28-39(43)44-29-45(48)46-38-18-5-4-14-34(38)35-15-6-11-21-42(35)49(44)46/h1-29H. The molecule has 11 rings (SSSR count). The summed E-state index contributed by atoms with van der Waals surface area (Å²) in [7, 11) is 0. The van der Waals surface area contributed by atoms with Crippen LogP contribution in [0.4, 0.5) is 17.1 Å². The average Bonchev–Trinajstić information content (AvgIpc) is 3.70. The maximum Gasteiger partial charge on any atom is 0.0782 e. The summed E-state index contributed by atoms with van der Waals surface area (Å²) in [5.41, 5.74) is 14.5. The molecule has 0 saturated carbocycles. The number of nitrogens with zero attached hydrogens (tertiary/aromatic N) is 3. The molecule has 49 heavy (non-hydrogen) atoms. The third kappa shape index (κ3) is 3.67. The van der Waals surface area contributed by atoms with E-state index >= 15 is 0 Å². The Morgan fingerprint density at radius 3 is 1.59 bits per heavy atom. The molecule has 4 heterocycles. The van der Waals surface area contributed by atoms with Crippen LogP contribution in [0.3, 0.4) is 0 Å². The zero-order chi connectivity index (χ0) is 32.1. The minimum absolute atomic E-state index is 1.16. The van der Waals surface area contributed by atoms with E-state index in [9.17, 15) is 0 Å². The molecule has 1 aliphatic rings. The first-order valence-electron chi connectivity index (χ1n) is 16.9. The van der Waals surface area contributed by atoms with Gasteiger partial charge in [0.25, 0.3) is 0 Å². The van der Waals surface area contributed by atoms with Gasteiger partial charge in [0, 0.05) is 38.5 Å². The summed E-state index contributed by atoms with van der Waals surface area (Å²) in [6, 6.07) is 64.2. The second-order valence-electron chi connectivity index (χ2n) is 13.0. The van der Waals surface area contributed by atoms with Gasteiger partial charge in [-0.1, -0.05) is 115 Å². The lowest BCUT2D eigenvalue weighted by Gasteiger charge is -2.28. The van der Waals surface area contributed by atoms with Crippen LogP contribution in [0.1, 0.15) is 0 Å². The number of hydrogen-bond donors (Lipinski definition) is 0. The van der Waals surface area contributed by atoms with Crippen LogP contribution in [0.5, 0.6) is 0 Å². The van der Waals surface area contributed by atoms with Gasteiger partial charge >= 0.3 is 0 Å². The van der Waals surface area contributed by atoms with Gasteiger partial charge in [0.2, 0.25) is 0 Å². The molecule has 0 saturated heterocycles. The van der Waals surface area contributed by atoms with Crippen molar-refractivity contribution in [2.24, 2.45) is 0 Å². The van der Waals surface area contributed by atoms with E-state index in [1.54, 1.807) is 0 Å². The minimum atomic E-state index is 1.16. The van der Waals surface area contributed by atoms with E-state index < -0.39 is 0 Å². The Labute approximate surface area is 283 Å². The lowest BCUT2D eigenvalue weighted by Crippen LogP contribution is -2.12. The number of anilines is 3. The number of para-hydroxylation sites is 4. The largest absolute Gasteiger partial charge is 0.309 e. The second-order valence-corrected chi connectivity index (χ2v) is 13.0. The van der Waals surface area contributed by atoms with E-state index in [2.05, 4.69) is 190 Å². The molecule has 3 heteroatoms. The molecular formula is C46H29N3. The number of aromatic nitrogens is 2. The fourth-order valence-electron chi connectivity index (χ4n) is 8.30. The fraction of sp³-hybridized carbons (Fsp3) is 0. The SMILES string of the molecule is c1ccc(N2c3ccc(-c4ccc(-n5c6ccccc6c6ccccc65)cc4)cc3-c3cc2c2c4ccccc4c4ccccc4n32)cc1. The van der Waals surface area contributed by atoms with Crippen molar-refractivity contribution in [3.63, 3.8) is 0 Å². The van der Waals surface area contributed by atoms with Gasteiger partial charge in [-0.15, -0.1) is 0 Å². The number of fused-ring (bicyclic) bond motifs is 8. The van der Waals surface area contributed by atoms with Crippen molar-refractivity contribution in [3.05, 3.63) is 176 Å². The molecule has 228 valence electrons. The molecule has 7 aromatic carbocycles. The van der Waals surface area contributed by atoms with Crippen LogP contribution in [-0.2, 0) is 0 Å². The molecule has 10 aromatic rings. The van der Waals surface area contributed by atoms with Crippen LogP contribution in [0.25, 0.3) is 77.1 Å². The molecule has 2 bridgehead atoms. The molecule has 3 aromatic heterocycles. The number of benzene rings is 7. The number of hydrogen-bond acceptors (Lipinski definition) is 1. The first-order valence-corrected chi connectivity index (χ1v) is 16.9. The summed E-state index contributed by atoms with van der Waals surface area (Å²) < 4.78 is 4.87. The van der Waals surface area contributed by atoms with Crippen molar-refractivity contribution < 1.29 is 0 Å². The van der Waals surface area contributed by atoms with Crippen LogP contribution in [0, 0.1) is 0 Å². The summed E-state index contributed by atoms with van der Waals surface area (Å²) in [5.74, 6) is 0. The molecule has 1 aliphatic heterocycles. The van der Waals surface area contributed by atoms with E-state index in [-0.39, 0.29) is 0 Å². The Bertz CT molecular complexity index is 2870. The van der Waals surface area contributed by atoms with Crippen LogP contribution in [-0.4, -0.2) is 8.97 Å². The third-order valence-electron chi connectivity index (χ3n) is 10.4. The van der Waals surface area contributed by atoms with E-state index in [1.165, 1.54) is 82.8 Å². The minimum Gasteiger partial charge on any atom is -0.309 e. The first-order chi connectivity index (χ1) is 24.3. The van der Waals surface area contributed by atoms with Crippen LogP contribution in [0.15, 0.2) is 176 Å². The summed E-state index contributed by atoms with van der Waals surface area (Å²) >= 11 is 0. The highest BCUT2D eigenvalue weighted by molar-refractivity contribution is 6.19. The van der Waals surface area contributed by atoms with Crippen molar-refractivity contribution >= 4 is 66.1 Å². The predicted octanol–water partition coefficient (Wildman–Crippen LogP) is 12.5. The quantitative estimate of drug-likeness (QED) is 0.178. The van der Waals surface area contributed by atoms with Crippen LogP contribution >= 0.6 is 0 Å². The van der Waals surface area contributed by atoms with Gasteiger partial charge in [-0.25, -0.2) is 0 Å². The van der Waals surface area contributed by atoms with Gasteiger partial charge in [0.15, 0.2) is 0 Å². The van der Waals surface area contributed by atoms with Crippen molar-refractivity contribution in [3.8, 4) is 28.1 Å². The van der Waals surface area contributed by atoms with E-state index in [1.807, 2.05) is 0 Å². The normalized spacial score (nSPS) is 12.4.